The highest BCUT2D eigenvalue weighted by atomic mass is 16.7. The molecule has 0 aromatic carbocycles. The second-order valence-electron chi connectivity index (χ2n) is 1.47. The van der Waals surface area contributed by atoms with Gasteiger partial charge >= 0.3 is 0 Å². The number of nitrogens with one attached hydrogen (secondary N) is 3. The molecule has 0 aromatic heterocycles. The zero-order valence-electron chi connectivity index (χ0n) is 5.76. The fourth-order valence-electron chi connectivity index (χ4n) is 0.331. The fraction of sp³-hybridized carbons (Fsp3) is 0.400. The van der Waals surface area contributed by atoms with Gasteiger partial charge in [0.25, 0.3) is 0 Å². The minimum atomic E-state index is -0.362. The van der Waals surface area contributed by atoms with Crippen LogP contribution in [0.25, 0.3) is 0 Å². The van der Waals surface area contributed by atoms with Gasteiger partial charge in [-0.1, -0.05) is 11.1 Å². The average molecular weight is 156 g/mol. The molecule has 0 aliphatic rings. The number of hydrogen-bond acceptors (Lipinski definition) is 4. The van der Waals surface area contributed by atoms with Gasteiger partial charge in [-0.25, -0.2) is 4.84 Å². The fourth-order valence-corrected chi connectivity index (χ4v) is 0.331. The van der Waals surface area contributed by atoms with Crippen LogP contribution in [0.3, 0.4) is 0 Å². The van der Waals surface area contributed by atoms with Crippen molar-refractivity contribution in [1.82, 2.24) is 10.9 Å². The van der Waals surface area contributed by atoms with E-state index in [0.29, 0.717) is 0 Å². The smallest absolute Gasteiger partial charge is 0.249 e. The van der Waals surface area contributed by atoms with E-state index in [0.717, 1.165) is 0 Å². The largest absolute Gasteiger partial charge is 0.343 e. The molecule has 0 fully saturated rings. The Hall–Kier alpha value is -1.61. The number of carbonyl (C=O) groups excluding carboxylic acids is 1. The maximum atomic E-state index is 10.6. The van der Waals surface area contributed by atoms with E-state index >= 15 is 0 Å². The molecule has 60 valence electrons. The summed E-state index contributed by atoms with van der Waals surface area (Å²) in [6, 6.07) is 0. The van der Waals surface area contributed by atoms with Gasteiger partial charge in [-0.3, -0.25) is 4.79 Å². The van der Waals surface area contributed by atoms with Gasteiger partial charge in [0, 0.05) is 0 Å². The van der Waals surface area contributed by atoms with E-state index in [-0.39, 0.29) is 19.1 Å². The van der Waals surface area contributed by atoms with E-state index in [1.807, 2.05) is 5.59 Å². The molecule has 6 nitrogen and oxygen atoms in total. The predicted octanol–water partition coefficient (Wildman–Crippen LogP) is -0.797. The molecular weight excluding hydrogens is 148 g/mol. The Morgan fingerprint density at radius 1 is 1.82 bits per heavy atom. The highest BCUT2D eigenvalue weighted by Crippen LogP contribution is 1.68. The van der Waals surface area contributed by atoms with Crippen LogP contribution in [0, 0.1) is 17.9 Å². The number of terminal acetylenes is 1. The van der Waals surface area contributed by atoms with Crippen molar-refractivity contribution in [3.8, 4) is 12.3 Å². The Morgan fingerprint density at radius 3 is 3.09 bits per heavy atom. The van der Waals surface area contributed by atoms with Gasteiger partial charge in [0.05, 0.1) is 6.54 Å². The van der Waals surface area contributed by atoms with Crippen LogP contribution in [0.5, 0.6) is 0 Å². The molecule has 3 N–H and O–H groups in total. The molecule has 0 aliphatic carbocycles. The van der Waals surface area contributed by atoms with E-state index < -0.39 is 0 Å². The second-order valence-corrected chi connectivity index (χ2v) is 1.47. The molecule has 0 bridgehead atoms. The van der Waals surface area contributed by atoms with Crippen LogP contribution in [0.15, 0.2) is 5.22 Å². The zero-order chi connectivity index (χ0) is 8.53. The monoisotopic (exact) mass is 156 g/mol. The first-order chi connectivity index (χ1) is 5.31. The summed E-state index contributed by atoms with van der Waals surface area (Å²) < 4.78 is 0. The van der Waals surface area contributed by atoms with Crippen molar-refractivity contribution >= 4 is 5.91 Å². The summed E-state index contributed by atoms with van der Waals surface area (Å²) in [7, 11) is 0. The van der Waals surface area contributed by atoms with Crippen LogP contribution in [0.4, 0.5) is 0 Å². The van der Waals surface area contributed by atoms with Crippen molar-refractivity contribution < 1.29 is 9.63 Å². The van der Waals surface area contributed by atoms with Crippen LogP contribution in [0.2, 0.25) is 0 Å². The minimum Gasteiger partial charge on any atom is -0.343 e. The van der Waals surface area contributed by atoms with Gasteiger partial charge in [-0.05, 0) is 0 Å². The molecule has 0 saturated carbocycles. The average Bonchev–Trinajstić information content (AvgIpc) is 2.01. The van der Waals surface area contributed by atoms with E-state index in [9.17, 15) is 4.79 Å². The van der Waals surface area contributed by atoms with Crippen molar-refractivity contribution in [2.45, 2.75) is 0 Å². The molecule has 0 spiro atoms. The summed E-state index contributed by atoms with van der Waals surface area (Å²) in [6.07, 6.45) is 4.86. The van der Waals surface area contributed by atoms with Gasteiger partial charge in [-0.15, -0.1) is 6.42 Å². The van der Waals surface area contributed by atoms with Crippen molar-refractivity contribution in [3.63, 3.8) is 0 Å². The Balaban J connectivity index is 3.24. The van der Waals surface area contributed by atoms with Crippen molar-refractivity contribution in [2.75, 3.05) is 13.2 Å². The second kappa shape index (κ2) is 6.51. The Kier molecular flexibility index (Phi) is 5.56. The first kappa shape index (κ1) is 9.39. The van der Waals surface area contributed by atoms with Gasteiger partial charge in [-0.2, -0.15) is 11.1 Å². The first-order valence-electron chi connectivity index (χ1n) is 2.74. The number of nitrogens with zero attached hydrogens (tertiary/aromatic N) is 1. The topological polar surface area (TPSA) is 86.6 Å². The third-order valence-electron chi connectivity index (χ3n) is 0.701. The number of carbonyl (C=O) groups is 1. The lowest BCUT2D eigenvalue weighted by Gasteiger charge is -1.99. The highest BCUT2D eigenvalue weighted by Gasteiger charge is 1.97. The Bertz CT molecular complexity index is 174. The standard InChI is InChI=1S/C5H8N4O2/c1-2-3-7-5(10)4-11-9-8-6/h1H,3-4H2,(H2,6,9)(H,7,10). The molecule has 0 atom stereocenters. The summed E-state index contributed by atoms with van der Waals surface area (Å²) >= 11 is 0. The highest BCUT2D eigenvalue weighted by molar-refractivity contribution is 5.77. The first-order valence-corrected chi connectivity index (χ1v) is 2.74. The van der Waals surface area contributed by atoms with E-state index in [4.69, 9.17) is 12.0 Å². The lowest BCUT2D eigenvalue weighted by molar-refractivity contribution is -0.128. The van der Waals surface area contributed by atoms with Crippen molar-refractivity contribution in [2.24, 2.45) is 5.22 Å². The third kappa shape index (κ3) is 6.27. The molecule has 6 heteroatoms. The maximum Gasteiger partial charge on any atom is 0.249 e. The molecule has 11 heavy (non-hydrogen) atoms. The van der Waals surface area contributed by atoms with Crippen LogP contribution in [-0.2, 0) is 9.63 Å². The molecule has 0 radical (unpaired) electrons. The SMILES string of the molecule is C#CCNC(=O)CONN=N. The molecule has 1 amide bonds. The molecule has 0 heterocycles. The van der Waals surface area contributed by atoms with Gasteiger partial charge in [0.1, 0.15) is 0 Å². The van der Waals surface area contributed by atoms with E-state index in [1.165, 1.54) is 0 Å². The molecule has 0 unspecified atom stereocenters. The van der Waals surface area contributed by atoms with Gasteiger partial charge in [0.15, 0.2) is 6.61 Å². The summed E-state index contributed by atoms with van der Waals surface area (Å²) in [5, 5.41) is 4.99. The number of rotatable bonds is 5. The lowest BCUT2D eigenvalue weighted by Crippen LogP contribution is -2.29. The van der Waals surface area contributed by atoms with Gasteiger partial charge < -0.3 is 5.32 Å². The van der Waals surface area contributed by atoms with Crippen LogP contribution in [0.1, 0.15) is 0 Å². The molecule has 0 saturated heterocycles. The summed E-state index contributed by atoms with van der Waals surface area (Å²) in [4.78, 5) is 15.0. The Morgan fingerprint density at radius 2 is 2.55 bits per heavy atom. The summed E-state index contributed by atoms with van der Waals surface area (Å²) in [5.74, 6) is 1.86. The third-order valence-corrected chi connectivity index (χ3v) is 0.701. The summed E-state index contributed by atoms with van der Waals surface area (Å²) in [5.41, 5.74) is 8.04. The molecule has 0 aliphatic heterocycles. The van der Waals surface area contributed by atoms with Crippen LogP contribution < -0.4 is 10.9 Å². The van der Waals surface area contributed by atoms with Crippen molar-refractivity contribution in [3.05, 3.63) is 0 Å². The maximum absolute atomic E-state index is 10.6. The van der Waals surface area contributed by atoms with Gasteiger partial charge in [0.2, 0.25) is 5.91 Å². The Labute approximate surface area is 63.7 Å². The van der Waals surface area contributed by atoms with Crippen LogP contribution in [-0.4, -0.2) is 19.1 Å². The number of amides is 1. The van der Waals surface area contributed by atoms with E-state index in [1.54, 1.807) is 0 Å². The van der Waals surface area contributed by atoms with Crippen LogP contribution >= 0.6 is 0 Å². The summed E-state index contributed by atoms with van der Waals surface area (Å²) in [6.45, 7) is -0.0513. The van der Waals surface area contributed by atoms with E-state index in [2.05, 4.69) is 21.3 Å². The molecule has 0 aromatic rings. The molecule has 0 rings (SSSR count). The quantitative estimate of drug-likeness (QED) is 0.211. The minimum absolute atomic E-state index is 0.167. The number of hydrogen-bond donors (Lipinski definition) is 3. The predicted molar refractivity (Wildman–Crippen MR) is 36.1 cm³/mol. The molecular formula is C5H8N4O2. The van der Waals surface area contributed by atoms with Crippen molar-refractivity contribution in [1.29, 1.82) is 5.53 Å². The normalized spacial score (nSPS) is 7.91. The lowest BCUT2D eigenvalue weighted by atomic mass is 10.6. The zero-order valence-corrected chi connectivity index (χ0v) is 5.76.